The Morgan fingerprint density at radius 2 is 1.50 bits per heavy atom. The van der Waals surface area contributed by atoms with E-state index < -0.39 is 23.4 Å². The number of fused-ring (bicyclic) bond motifs is 1. The number of para-hydroxylation sites is 1. The van der Waals surface area contributed by atoms with Crippen molar-refractivity contribution in [2.45, 2.75) is 10.6 Å². The average Bonchev–Trinajstić information content (AvgIpc) is 3.14. The highest BCUT2D eigenvalue weighted by molar-refractivity contribution is 8.00. The molecule has 3 aromatic carbocycles. The molecule has 2 N–H and O–H groups in total. The van der Waals surface area contributed by atoms with E-state index in [1.54, 1.807) is 48.5 Å². The van der Waals surface area contributed by atoms with Gasteiger partial charge in [0, 0.05) is 5.39 Å². The van der Waals surface area contributed by atoms with Crippen LogP contribution >= 0.6 is 11.8 Å². The minimum atomic E-state index is -1.44. The minimum Gasteiger partial charge on any atom is -0.314 e. The fraction of sp³-hybridized carbons (Fsp3) is 0.0800. The minimum absolute atomic E-state index is 0.0399. The summed E-state index contributed by atoms with van der Waals surface area (Å²) in [6, 6.07) is 24.7. The lowest BCUT2D eigenvalue weighted by Crippen LogP contribution is -2.49. The van der Waals surface area contributed by atoms with Gasteiger partial charge in [-0.2, -0.15) is 5.01 Å². The van der Waals surface area contributed by atoms with Crippen LogP contribution in [-0.4, -0.2) is 38.6 Å². The van der Waals surface area contributed by atoms with Gasteiger partial charge in [-0.15, -0.1) is 0 Å². The number of urea groups is 1. The van der Waals surface area contributed by atoms with Gasteiger partial charge in [0.05, 0.1) is 11.3 Å². The Balaban J connectivity index is 1.38. The first-order valence-corrected chi connectivity index (χ1v) is 11.5. The van der Waals surface area contributed by atoms with Gasteiger partial charge in [-0.3, -0.25) is 15.0 Å². The highest BCUT2D eigenvalue weighted by Gasteiger charge is 2.54. The van der Waals surface area contributed by atoms with Crippen LogP contribution in [0.3, 0.4) is 0 Å². The molecule has 0 radical (unpaired) electrons. The number of nitrogens with zero attached hydrogens (tertiary/aromatic N) is 3. The number of rotatable bonds is 6. The van der Waals surface area contributed by atoms with E-state index in [9.17, 15) is 14.4 Å². The molecule has 1 saturated heterocycles. The van der Waals surface area contributed by atoms with E-state index in [1.807, 2.05) is 36.4 Å². The number of hydrazine groups is 1. The zero-order chi connectivity index (χ0) is 23.5. The molecule has 1 aliphatic rings. The van der Waals surface area contributed by atoms with Crippen LogP contribution in [0, 0.1) is 0 Å². The van der Waals surface area contributed by atoms with Gasteiger partial charge in [0.25, 0.3) is 5.91 Å². The molecule has 1 aromatic heterocycles. The maximum absolute atomic E-state index is 13.6. The summed E-state index contributed by atoms with van der Waals surface area (Å²) in [6.07, 6.45) is 1.44. The van der Waals surface area contributed by atoms with E-state index in [-0.39, 0.29) is 5.75 Å². The summed E-state index contributed by atoms with van der Waals surface area (Å²) in [5.74, 6) is -1.13. The Labute approximate surface area is 199 Å². The number of carbonyl (C=O) groups is 3. The van der Waals surface area contributed by atoms with Gasteiger partial charge in [0.2, 0.25) is 5.91 Å². The van der Waals surface area contributed by atoms with Crippen molar-refractivity contribution >= 4 is 40.5 Å². The van der Waals surface area contributed by atoms with E-state index >= 15 is 0 Å². The van der Waals surface area contributed by atoms with Crippen LogP contribution in [0.25, 0.3) is 10.9 Å². The quantitative estimate of drug-likeness (QED) is 0.255. The van der Waals surface area contributed by atoms with Crippen molar-refractivity contribution in [3.63, 3.8) is 0 Å². The molecule has 4 amide bonds. The van der Waals surface area contributed by atoms with Crippen molar-refractivity contribution in [1.82, 2.24) is 25.7 Å². The van der Waals surface area contributed by atoms with Crippen LogP contribution in [0.5, 0.6) is 0 Å². The Morgan fingerprint density at radius 3 is 2.18 bits per heavy atom. The third-order valence-corrected chi connectivity index (χ3v) is 6.52. The topological polar surface area (TPSA) is 104 Å². The molecule has 0 bridgehead atoms. The molecule has 34 heavy (non-hydrogen) atoms. The molecule has 4 aromatic rings. The lowest BCUT2D eigenvalue weighted by molar-refractivity contribution is -0.137. The number of hydrogen-bond donors (Lipinski definition) is 2. The summed E-state index contributed by atoms with van der Waals surface area (Å²) in [5.41, 5.74) is 2.98. The monoisotopic (exact) mass is 469 g/mol. The third-order valence-electron chi connectivity index (χ3n) is 5.52. The van der Waals surface area contributed by atoms with Crippen LogP contribution in [0.2, 0.25) is 0 Å². The van der Waals surface area contributed by atoms with Crippen LogP contribution in [0.4, 0.5) is 4.79 Å². The lowest BCUT2D eigenvalue weighted by Gasteiger charge is -2.27. The maximum atomic E-state index is 13.6. The molecule has 9 heteroatoms. The van der Waals surface area contributed by atoms with Crippen LogP contribution in [-0.2, 0) is 15.1 Å². The normalized spacial score (nSPS) is 14.8. The Hall–Kier alpha value is -4.24. The van der Waals surface area contributed by atoms with Crippen molar-refractivity contribution in [1.29, 1.82) is 0 Å². The SMILES string of the molecule is O=C(CSc1ncnc2ccccc12)NN1C(=O)NC(c2ccccc2)(c2ccccc2)C1=O. The number of hydrogen-bond acceptors (Lipinski definition) is 6. The zero-order valence-corrected chi connectivity index (χ0v) is 18.7. The summed E-state index contributed by atoms with van der Waals surface area (Å²) in [5, 5.41) is 5.01. The van der Waals surface area contributed by atoms with Crippen LogP contribution in [0.15, 0.2) is 96.3 Å². The second-order valence-corrected chi connectivity index (χ2v) is 8.54. The predicted molar refractivity (Wildman–Crippen MR) is 127 cm³/mol. The molecule has 0 spiro atoms. The lowest BCUT2D eigenvalue weighted by atomic mass is 9.83. The summed E-state index contributed by atoms with van der Waals surface area (Å²) in [7, 11) is 0. The molecule has 2 heterocycles. The second kappa shape index (κ2) is 8.95. The molecule has 0 saturated carbocycles. The van der Waals surface area contributed by atoms with Crippen molar-refractivity contribution in [2.24, 2.45) is 0 Å². The molecule has 5 rings (SSSR count). The van der Waals surface area contributed by atoms with E-state index in [0.29, 0.717) is 16.2 Å². The van der Waals surface area contributed by atoms with Crippen LogP contribution in [0.1, 0.15) is 11.1 Å². The first-order chi connectivity index (χ1) is 16.6. The number of amides is 4. The molecule has 8 nitrogen and oxygen atoms in total. The average molecular weight is 470 g/mol. The number of benzene rings is 3. The van der Waals surface area contributed by atoms with Crippen molar-refractivity contribution in [3.8, 4) is 0 Å². The number of imide groups is 1. The van der Waals surface area contributed by atoms with Crippen molar-refractivity contribution in [2.75, 3.05) is 5.75 Å². The maximum Gasteiger partial charge on any atom is 0.344 e. The third kappa shape index (κ3) is 3.75. The molecule has 0 unspecified atom stereocenters. The van der Waals surface area contributed by atoms with E-state index in [2.05, 4.69) is 20.7 Å². The van der Waals surface area contributed by atoms with Crippen molar-refractivity contribution in [3.05, 3.63) is 102 Å². The van der Waals surface area contributed by atoms with E-state index in [0.717, 1.165) is 15.9 Å². The van der Waals surface area contributed by atoms with Gasteiger partial charge in [-0.05, 0) is 17.2 Å². The first-order valence-electron chi connectivity index (χ1n) is 10.5. The molecule has 0 aliphatic carbocycles. The molecule has 1 aliphatic heterocycles. The van der Waals surface area contributed by atoms with Gasteiger partial charge >= 0.3 is 6.03 Å². The standard InChI is InChI=1S/C25H19N5O3S/c31-21(15-34-22-19-13-7-8-14-20(19)26-16-27-22)29-30-23(32)25(28-24(30)33,17-9-3-1-4-10-17)18-11-5-2-6-12-18/h1-14,16H,15H2,(H,28,33)(H,29,31). The number of carbonyl (C=O) groups excluding carboxylic acids is 3. The van der Waals surface area contributed by atoms with Gasteiger partial charge < -0.3 is 5.32 Å². The smallest absolute Gasteiger partial charge is 0.314 e. The molecule has 0 atom stereocenters. The molecular formula is C25H19N5O3S. The summed E-state index contributed by atoms with van der Waals surface area (Å²) < 4.78 is 0. The van der Waals surface area contributed by atoms with Crippen LogP contribution < -0.4 is 10.7 Å². The first kappa shape index (κ1) is 21.6. The highest BCUT2D eigenvalue weighted by Crippen LogP contribution is 2.35. The number of thioether (sulfide) groups is 1. The second-order valence-electron chi connectivity index (χ2n) is 7.57. The van der Waals surface area contributed by atoms with Gasteiger partial charge in [-0.1, -0.05) is 90.6 Å². The summed E-state index contributed by atoms with van der Waals surface area (Å²) >= 11 is 1.20. The fourth-order valence-corrected chi connectivity index (χ4v) is 4.73. The number of nitrogens with one attached hydrogen (secondary N) is 2. The Kier molecular flexibility index (Phi) is 5.69. The molecule has 1 fully saturated rings. The predicted octanol–water partition coefficient (Wildman–Crippen LogP) is 3.25. The summed E-state index contributed by atoms with van der Waals surface area (Å²) in [6.45, 7) is 0. The van der Waals surface area contributed by atoms with E-state index in [1.165, 1.54) is 18.1 Å². The Morgan fingerprint density at radius 1 is 0.882 bits per heavy atom. The Bertz CT molecular complexity index is 1340. The highest BCUT2D eigenvalue weighted by atomic mass is 32.2. The fourth-order valence-electron chi connectivity index (χ4n) is 3.95. The van der Waals surface area contributed by atoms with Crippen molar-refractivity contribution < 1.29 is 14.4 Å². The number of aromatic nitrogens is 2. The largest absolute Gasteiger partial charge is 0.344 e. The van der Waals surface area contributed by atoms with Gasteiger partial charge in [0.1, 0.15) is 11.4 Å². The van der Waals surface area contributed by atoms with E-state index in [4.69, 9.17) is 0 Å². The van der Waals surface area contributed by atoms with Gasteiger partial charge in [0.15, 0.2) is 5.54 Å². The summed E-state index contributed by atoms with van der Waals surface area (Å²) in [4.78, 5) is 47.7. The molecule has 168 valence electrons. The zero-order valence-electron chi connectivity index (χ0n) is 17.8. The van der Waals surface area contributed by atoms with Gasteiger partial charge in [-0.25, -0.2) is 14.8 Å². The molecular weight excluding hydrogens is 450 g/mol.